The summed E-state index contributed by atoms with van der Waals surface area (Å²) in [6.45, 7) is 3.86. The zero-order chi connectivity index (χ0) is 21.9. The van der Waals surface area contributed by atoms with Gasteiger partial charge in [0.05, 0.1) is 5.39 Å². The average molecular weight is 428 g/mol. The van der Waals surface area contributed by atoms with Gasteiger partial charge in [-0.1, -0.05) is 36.4 Å². The molecule has 7 nitrogen and oxygen atoms in total. The van der Waals surface area contributed by atoms with E-state index in [-0.39, 0.29) is 5.65 Å². The van der Waals surface area contributed by atoms with Crippen LogP contribution in [0.3, 0.4) is 0 Å². The maximum Gasteiger partial charge on any atom is 0.384 e. The molecule has 1 aliphatic heterocycles. The number of likely N-dealkylation sites (tertiary alicyclic amines) is 1. The fourth-order valence-electron chi connectivity index (χ4n) is 4.27. The number of nitrogens with zero attached hydrogens (tertiary/aromatic N) is 4. The standard InChI is InChI=1S/C25H25N5O2/c31-25-28-23(22-10-5-11-26-24(22)30(25)32)27-16-18-6-3-8-20(14-18)21-9-4-7-19(15-21)17-29-12-1-2-13-29/h3-11,14-15,32H,1-2,12-13,16-17H2,(H,27,28,31). The van der Waals surface area contributed by atoms with E-state index in [0.717, 1.165) is 17.7 Å². The van der Waals surface area contributed by atoms with Gasteiger partial charge in [-0.15, -0.1) is 4.73 Å². The number of pyridine rings is 1. The van der Waals surface area contributed by atoms with E-state index >= 15 is 0 Å². The van der Waals surface area contributed by atoms with Gasteiger partial charge in [0.1, 0.15) is 5.82 Å². The van der Waals surface area contributed by atoms with Crippen molar-refractivity contribution in [3.63, 3.8) is 0 Å². The quantitative estimate of drug-likeness (QED) is 0.454. The molecule has 1 fully saturated rings. The molecule has 2 aromatic heterocycles. The summed E-state index contributed by atoms with van der Waals surface area (Å²) >= 11 is 0. The van der Waals surface area contributed by atoms with E-state index in [1.165, 1.54) is 43.3 Å². The third-order valence-electron chi connectivity index (χ3n) is 5.88. The van der Waals surface area contributed by atoms with E-state index in [4.69, 9.17) is 0 Å². The third-order valence-corrected chi connectivity index (χ3v) is 5.88. The van der Waals surface area contributed by atoms with Gasteiger partial charge >= 0.3 is 5.69 Å². The van der Waals surface area contributed by atoms with Gasteiger partial charge in [-0.2, -0.15) is 4.98 Å². The van der Waals surface area contributed by atoms with E-state index in [2.05, 4.69) is 56.6 Å². The lowest BCUT2D eigenvalue weighted by atomic mass is 10.0. The molecule has 4 aromatic rings. The summed E-state index contributed by atoms with van der Waals surface area (Å²) in [5, 5.41) is 13.7. The maximum atomic E-state index is 12.0. The number of rotatable bonds is 6. The summed E-state index contributed by atoms with van der Waals surface area (Å²) in [6.07, 6.45) is 4.12. The van der Waals surface area contributed by atoms with Crippen LogP contribution in [0.2, 0.25) is 0 Å². The molecular formula is C25H25N5O2. The van der Waals surface area contributed by atoms with Crippen LogP contribution in [0.5, 0.6) is 0 Å². The molecule has 0 aliphatic carbocycles. The normalized spacial score (nSPS) is 14.1. The summed E-state index contributed by atoms with van der Waals surface area (Å²) in [4.78, 5) is 22.5. The summed E-state index contributed by atoms with van der Waals surface area (Å²) < 4.78 is 0.469. The highest BCUT2D eigenvalue weighted by Gasteiger charge is 2.13. The smallest absolute Gasteiger partial charge is 0.384 e. The molecule has 32 heavy (non-hydrogen) atoms. The number of fused-ring (bicyclic) bond motifs is 1. The third kappa shape index (κ3) is 4.20. The minimum atomic E-state index is -0.762. The highest BCUT2D eigenvalue weighted by molar-refractivity contribution is 5.86. The van der Waals surface area contributed by atoms with Crippen LogP contribution in [0.25, 0.3) is 22.2 Å². The Morgan fingerprint density at radius 3 is 2.44 bits per heavy atom. The van der Waals surface area contributed by atoms with Crippen LogP contribution in [0, 0.1) is 0 Å². The predicted molar refractivity (Wildman–Crippen MR) is 125 cm³/mol. The fraction of sp³-hybridized carbons (Fsp3) is 0.240. The molecule has 2 aromatic carbocycles. The number of aromatic nitrogens is 3. The molecule has 1 saturated heterocycles. The van der Waals surface area contributed by atoms with Crippen LogP contribution >= 0.6 is 0 Å². The Bertz CT molecular complexity index is 1310. The van der Waals surface area contributed by atoms with E-state index < -0.39 is 5.69 Å². The minimum absolute atomic E-state index is 0.179. The van der Waals surface area contributed by atoms with Crippen molar-refractivity contribution < 1.29 is 5.21 Å². The first-order valence-corrected chi connectivity index (χ1v) is 10.9. The van der Waals surface area contributed by atoms with Crippen LogP contribution in [0.4, 0.5) is 5.82 Å². The highest BCUT2D eigenvalue weighted by atomic mass is 16.5. The van der Waals surface area contributed by atoms with Crippen molar-refractivity contribution in [3.05, 3.63) is 88.5 Å². The molecule has 2 N–H and O–H groups in total. The number of hydrogen-bond donors (Lipinski definition) is 2. The molecule has 0 amide bonds. The molecule has 7 heteroatoms. The van der Waals surface area contributed by atoms with Crippen LogP contribution in [0.15, 0.2) is 71.7 Å². The molecule has 0 atom stereocenters. The molecule has 162 valence electrons. The summed E-state index contributed by atoms with van der Waals surface area (Å²) in [5.74, 6) is 0.404. The lowest BCUT2D eigenvalue weighted by Crippen LogP contribution is -2.23. The summed E-state index contributed by atoms with van der Waals surface area (Å²) in [6, 6.07) is 20.6. The zero-order valence-electron chi connectivity index (χ0n) is 17.7. The van der Waals surface area contributed by atoms with Crippen molar-refractivity contribution in [2.45, 2.75) is 25.9 Å². The zero-order valence-corrected chi connectivity index (χ0v) is 17.7. The molecule has 5 rings (SSSR count). The molecule has 0 saturated carbocycles. The van der Waals surface area contributed by atoms with Crippen molar-refractivity contribution in [1.29, 1.82) is 0 Å². The van der Waals surface area contributed by atoms with Crippen molar-refractivity contribution in [2.75, 3.05) is 18.4 Å². The van der Waals surface area contributed by atoms with Crippen LogP contribution < -0.4 is 11.0 Å². The monoisotopic (exact) mass is 427 g/mol. The maximum absolute atomic E-state index is 12.0. The van der Waals surface area contributed by atoms with Crippen molar-refractivity contribution in [2.24, 2.45) is 0 Å². The number of anilines is 1. The van der Waals surface area contributed by atoms with Crippen molar-refractivity contribution >= 4 is 16.9 Å². The minimum Gasteiger partial charge on any atom is -0.422 e. The van der Waals surface area contributed by atoms with Crippen LogP contribution in [0.1, 0.15) is 24.0 Å². The van der Waals surface area contributed by atoms with Gasteiger partial charge in [-0.25, -0.2) is 9.78 Å². The Labute approximate surface area is 185 Å². The SMILES string of the molecule is O=c1nc(NCc2cccc(-c3cccc(CN4CCCC4)c3)c2)c2cccnc2n1O. The molecule has 0 bridgehead atoms. The Kier molecular flexibility index (Phi) is 5.56. The number of benzene rings is 2. The predicted octanol–water partition coefficient (Wildman–Crippen LogP) is 3.90. The summed E-state index contributed by atoms with van der Waals surface area (Å²) in [7, 11) is 0. The largest absolute Gasteiger partial charge is 0.422 e. The molecule has 0 unspecified atom stereocenters. The lowest BCUT2D eigenvalue weighted by molar-refractivity contribution is 0.182. The lowest BCUT2D eigenvalue weighted by Gasteiger charge is -2.15. The first kappa shape index (κ1) is 20.2. The van der Waals surface area contributed by atoms with Gasteiger partial charge in [-0.3, -0.25) is 4.90 Å². The Balaban J connectivity index is 1.36. The fourth-order valence-corrected chi connectivity index (χ4v) is 4.27. The van der Waals surface area contributed by atoms with E-state index in [1.54, 1.807) is 12.1 Å². The van der Waals surface area contributed by atoms with Gasteiger partial charge < -0.3 is 10.5 Å². The van der Waals surface area contributed by atoms with Gasteiger partial charge in [-0.05, 0) is 72.5 Å². The van der Waals surface area contributed by atoms with Gasteiger partial charge in [0, 0.05) is 19.3 Å². The van der Waals surface area contributed by atoms with Gasteiger partial charge in [0.2, 0.25) is 0 Å². The van der Waals surface area contributed by atoms with Gasteiger partial charge in [0.25, 0.3) is 0 Å². The molecule has 0 radical (unpaired) electrons. The Morgan fingerprint density at radius 2 is 1.66 bits per heavy atom. The van der Waals surface area contributed by atoms with Gasteiger partial charge in [0.15, 0.2) is 5.65 Å². The highest BCUT2D eigenvalue weighted by Crippen LogP contribution is 2.24. The van der Waals surface area contributed by atoms with E-state index in [9.17, 15) is 10.0 Å². The second-order valence-electron chi connectivity index (χ2n) is 8.17. The molecular weight excluding hydrogens is 402 g/mol. The van der Waals surface area contributed by atoms with E-state index in [1.807, 2.05) is 12.1 Å². The second kappa shape index (κ2) is 8.80. The number of nitrogens with one attached hydrogen (secondary N) is 1. The molecule has 1 aliphatic rings. The average Bonchev–Trinajstić information content (AvgIpc) is 3.34. The van der Waals surface area contributed by atoms with Crippen LogP contribution in [-0.4, -0.2) is 37.9 Å². The Morgan fingerprint density at radius 1 is 0.938 bits per heavy atom. The van der Waals surface area contributed by atoms with Crippen molar-refractivity contribution in [1.82, 2.24) is 19.6 Å². The van der Waals surface area contributed by atoms with Crippen LogP contribution in [-0.2, 0) is 13.1 Å². The first-order valence-electron chi connectivity index (χ1n) is 10.9. The van der Waals surface area contributed by atoms with Crippen molar-refractivity contribution in [3.8, 4) is 11.1 Å². The Hall–Kier alpha value is -3.71. The topological polar surface area (TPSA) is 83.3 Å². The second-order valence-corrected chi connectivity index (χ2v) is 8.17. The first-order chi connectivity index (χ1) is 15.7. The van der Waals surface area contributed by atoms with E-state index in [0.29, 0.717) is 22.5 Å². The number of hydrogen-bond acceptors (Lipinski definition) is 6. The molecule has 0 spiro atoms. The summed E-state index contributed by atoms with van der Waals surface area (Å²) in [5.41, 5.74) is 4.16. The molecule has 3 heterocycles.